The molecule has 0 amide bonds. The molecule has 152 valence electrons. The lowest BCUT2D eigenvalue weighted by Crippen LogP contribution is -2.15. The minimum Gasteiger partial charge on any atom is -0.0544 e. The molecule has 0 saturated carbocycles. The fourth-order valence-electron chi connectivity index (χ4n) is 4.45. The molecule has 5 rings (SSSR count). The molecule has 0 heterocycles. The van der Waals surface area contributed by atoms with Gasteiger partial charge in [0.05, 0.1) is 0 Å². The summed E-state index contributed by atoms with van der Waals surface area (Å²) in [7, 11) is 0. The van der Waals surface area contributed by atoms with Gasteiger partial charge < -0.3 is 0 Å². The van der Waals surface area contributed by atoms with Crippen molar-refractivity contribution in [2.75, 3.05) is 0 Å². The maximum atomic E-state index is 3.64. The first-order valence-electron chi connectivity index (χ1n) is 10.4. The van der Waals surface area contributed by atoms with Gasteiger partial charge in [-0.1, -0.05) is 119 Å². The highest BCUT2D eigenvalue weighted by molar-refractivity contribution is 9.10. The molecule has 0 saturated heterocycles. The van der Waals surface area contributed by atoms with Gasteiger partial charge in [0.15, 0.2) is 0 Å². The zero-order valence-corrected chi connectivity index (χ0v) is 20.7. The minimum atomic E-state index is 0.00459. The van der Waals surface area contributed by atoms with Crippen molar-refractivity contribution in [1.82, 2.24) is 0 Å². The van der Waals surface area contributed by atoms with Gasteiger partial charge in [0.25, 0.3) is 0 Å². The van der Waals surface area contributed by atoms with Crippen LogP contribution in [0, 0.1) is 0 Å². The molecule has 0 unspecified atom stereocenters. The predicted molar refractivity (Wildman–Crippen MR) is 140 cm³/mol. The Balaban J connectivity index is 1.41. The van der Waals surface area contributed by atoms with Gasteiger partial charge in [-0.25, -0.2) is 0 Å². The molecular formula is C29H22Br2. The third-order valence-electron chi connectivity index (χ3n) is 6.22. The third kappa shape index (κ3) is 3.84. The molecule has 2 heteroatoms. The first-order valence-corrected chi connectivity index (χ1v) is 12.0. The standard InChI is InChI=1S/C29H22Br2/c1-29(2)27-17-20(7-15-25(27)26-16-14-24(31)18-28(26)29)4-3-19-5-8-21(9-6-19)22-10-12-23(30)13-11-22/h3-18H,1-2H3. The van der Waals surface area contributed by atoms with E-state index >= 15 is 0 Å². The molecule has 1 aliphatic carbocycles. The zero-order valence-electron chi connectivity index (χ0n) is 17.5. The molecule has 0 N–H and O–H groups in total. The number of hydrogen-bond donors (Lipinski definition) is 0. The van der Waals surface area contributed by atoms with Crippen molar-refractivity contribution in [3.63, 3.8) is 0 Å². The Morgan fingerprint density at radius 2 is 1.03 bits per heavy atom. The van der Waals surface area contributed by atoms with E-state index in [0.717, 1.165) is 8.95 Å². The van der Waals surface area contributed by atoms with Crippen molar-refractivity contribution in [3.8, 4) is 22.3 Å². The Morgan fingerprint density at radius 1 is 0.548 bits per heavy atom. The molecule has 0 bridgehead atoms. The van der Waals surface area contributed by atoms with Crippen LogP contribution in [0.2, 0.25) is 0 Å². The Hall–Kier alpha value is -2.42. The second-order valence-electron chi connectivity index (χ2n) is 8.58. The van der Waals surface area contributed by atoms with Gasteiger partial charge in [-0.15, -0.1) is 0 Å². The maximum absolute atomic E-state index is 3.64. The monoisotopic (exact) mass is 528 g/mol. The summed E-state index contributed by atoms with van der Waals surface area (Å²) in [6.45, 7) is 4.64. The van der Waals surface area contributed by atoms with Crippen molar-refractivity contribution in [1.29, 1.82) is 0 Å². The Kier molecular flexibility index (Phi) is 5.24. The average Bonchev–Trinajstić information content (AvgIpc) is 2.99. The molecule has 0 spiro atoms. The lowest BCUT2D eigenvalue weighted by molar-refractivity contribution is 0.660. The van der Waals surface area contributed by atoms with E-state index in [0.29, 0.717) is 0 Å². The van der Waals surface area contributed by atoms with E-state index in [1.165, 1.54) is 44.5 Å². The van der Waals surface area contributed by atoms with Gasteiger partial charge in [0, 0.05) is 14.4 Å². The molecule has 1 aliphatic rings. The van der Waals surface area contributed by atoms with Crippen molar-refractivity contribution in [3.05, 3.63) is 116 Å². The van der Waals surface area contributed by atoms with Gasteiger partial charge in [-0.3, -0.25) is 0 Å². The molecule has 0 radical (unpaired) electrons. The smallest absolute Gasteiger partial charge is 0.0178 e. The van der Waals surface area contributed by atoms with Gasteiger partial charge >= 0.3 is 0 Å². The lowest BCUT2D eigenvalue weighted by atomic mass is 9.82. The van der Waals surface area contributed by atoms with Crippen molar-refractivity contribution in [2.24, 2.45) is 0 Å². The highest BCUT2D eigenvalue weighted by Gasteiger charge is 2.35. The van der Waals surface area contributed by atoms with Crippen LogP contribution >= 0.6 is 31.9 Å². The highest BCUT2D eigenvalue weighted by Crippen LogP contribution is 2.49. The molecule has 4 aromatic carbocycles. The van der Waals surface area contributed by atoms with Crippen LogP contribution in [0.25, 0.3) is 34.4 Å². The summed E-state index contributed by atoms with van der Waals surface area (Å²) >= 11 is 7.13. The van der Waals surface area contributed by atoms with Crippen LogP contribution in [0.3, 0.4) is 0 Å². The van der Waals surface area contributed by atoms with Gasteiger partial charge in [-0.05, 0) is 68.8 Å². The average molecular weight is 530 g/mol. The van der Waals surface area contributed by atoms with Gasteiger partial charge in [0.1, 0.15) is 0 Å². The Labute approximate surface area is 200 Å². The molecule has 0 nitrogen and oxygen atoms in total. The number of rotatable bonds is 3. The molecule has 0 atom stereocenters. The Bertz CT molecular complexity index is 1290. The van der Waals surface area contributed by atoms with E-state index in [4.69, 9.17) is 0 Å². The summed E-state index contributed by atoms with van der Waals surface area (Å²) in [5.74, 6) is 0. The van der Waals surface area contributed by atoms with E-state index in [9.17, 15) is 0 Å². The van der Waals surface area contributed by atoms with E-state index in [-0.39, 0.29) is 5.41 Å². The first kappa shape index (κ1) is 20.5. The summed E-state index contributed by atoms with van der Waals surface area (Å²) in [4.78, 5) is 0. The summed E-state index contributed by atoms with van der Waals surface area (Å²) < 4.78 is 2.24. The third-order valence-corrected chi connectivity index (χ3v) is 7.24. The normalized spacial score (nSPS) is 13.9. The summed E-state index contributed by atoms with van der Waals surface area (Å²) in [5, 5.41) is 0. The van der Waals surface area contributed by atoms with Crippen LogP contribution in [-0.2, 0) is 5.41 Å². The van der Waals surface area contributed by atoms with Gasteiger partial charge in [0.2, 0.25) is 0 Å². The van der Waals surface area contributed by atoms with E-state index < -0.39 is 0 Å². The van der Waals surface area contributed by atoms with Crippen molar-refractivity contribution in [2.45, 2.75) is 19.3 Å². The minimum absolute atomic E-state index is 0.00459. The van der Waals surface area contributed by atoms with Crippen LogP contribution in [0.4, 0.5) is 0 Å². The molecule has 31 heavy (non-hydrogen) atoms. The molecule has 0 aliphatic heterocycles. The molecular weight excluding hydrogens is 508 g/mol. The topological polar surface area (TPSA) is 0 Å². The number of fused-ring (bicyclic) bond motifs is 3. The largest absolute Gasteiger partial charge is 0.0544 e. The quantitative estimate of drug-likeness (QED) is 0.232. The van der Waals surface area contributed by atoms with E-state index in [1.807, 2.05) is 0 Å². The first-order chi connectivity index (χ1) is 14.9. The predicted octanol–water partition coefficient (Wildman–Crippen LogP) is 9.36. The fourth-order valence-corrected chi connectivity index (χ4v) is 5.08. The number of hydrogen-bond acceptors (Lipinski definition) is 0. The summed E-state index contributed by atoms with van der Waals surface area (Å²) in [5.41, 5.74) is 10.4. The molecule has 0 fully saturated rings. The van der Waals surface area contributed by atoms with Crippen molar-refractivity contribution >= 4 is 44.0 Å². The Morgan fingerprint density at radius 3 is 1.71 bits per heavy atom. The summed E-state index contributed by atoms with van der Waals surface area (Å²) in [6.07, 6.45) is 4.41. The molecule has 0 aromatic heterocycles. The van der Waals surface area contributed by atoms with Crippen LogP contribution in [0.15, 0.2) is 93.9 Å². The van der Waals surface area contributed by atoms with E-state index in [2.05, 4.69) is 143 Å². The fraction of sp³-hybridized carbons (Fsp3) is 0.103. The van der Waals surface area contributed by atoms with Crippen LogP contribution in [0.5, 0.6) is 0 Å². The SMILES string of the molecule is CC1(C)c2cc(Br)ccc2-c2ccc(C=Cc3ccc(-c4ccc(Br)cc4)cc3)cc21. The van der Waals surface area contributed by atoms with Gasteiger partial charge in [-0.2, -0.15) is 0 Å². The summed E-state index contributed by atoms with van der Waals surface area (Å²) in [6, 6.07) is 30.6. The molecule has 4 aromatic rings. The maximum Gasteiger partial charge on any atom is 0.0178 e. The zero-order chi connectivity index (χ0) is 21.6. The highest BCUT2D eigenvalue weighted by atomic mass is 79.9. The van der Waals surface area contributed by atoms with Crippen molar-refractivity contribution < 1.29 is 0 Å². The lowest BCUT2D eigenvalue weighted by Gasteiger charge is -2.21. The van der Waals surface area contributed by atoms with Crippen LogP contribution in [0.1, 0.15) is 36.1 Å². The van der Waals surface area contributed by atoms with Crippen LogP contribution < -0.4 is 0 Å². The number of halogens is 2. The van der Waals surface area contributed by atoms with E-state index in [1.54, 1.807) is 0 Å². The number of benzene rings is 4. The second-order valence-corrected chi connectivity index (χ2v) is 10.4. The van der Waals surface area contributed by atoms with Crippen LogP contribution in [-0.4, -0.2) is 0 Å². The second kappa shape index (κ2) is 7.93.